The van der Waals surface area contributed by atoms with Gasteiger partial charge in [-0.15, -0.1) is 24.0 Å². The van der Waals surface area contributed by atoms with Crippen molar-refractivity contribution in [2.24, 2.45) is 10.9 Å². The summed E-state index contributed by atoms with van der Waals surface area (Å²) in [6, 6.07) is 10.5. The maximum absolute atomic E-state index is 12.3. The Kier molecular flexibility index (Phi) is 7.69. The van der Waals surface area contributed by atoms with E-state index in [9.17, 15) is 4.79 Å². The molecule has 2 fully saturated rings. The van der Waals surface area contributed by atoms with Crippen LogP contribution in [-0.4, -0.2) is 63.1 Å². The van der Waals surface area contributed by atoms with E-state index in [2.05, 4.69) is 34.6 Å². The van der Waals surface area contributed by atoms with Crippen molar-refractivity contribution in [2.45, 2.75) is 31.3 Å². The van der Waals surface area contributed by atoms with Gasteiger partial charge in [0.05, 0.1) is 6.04 Å². The van der Waals surface area contributed by atoms with Crippen molar-refractivity contribution >= 4 is 41.5 Å². The molecule has 0 radical (unpaired) electrons. The van der Waals surface area contributed by atoms with Crippen LogP contribution < -0.4 is 15.5 Å². The van der Waals surface area contributed by atoms with E-state index >= 15 is 0 Å². The van der Waals surface area contributed by atoms with E-state index in [1.807, 2.05) is 35.2 Å². The number of rotatable bonds is 6. The quantitative estimate of drug-likeness (QED) is 0.378. The Morgan fingerprint density at radius 3 is 2.58 bits per heavy atom. The molecule has 0 aromatic heterocycles. The van der Waals surface area contributed by atoms with Crippen molar-refractivity contribution in [1.82, 2.24) is 15.5 Å². The van der Waals surface area contributed by atoms with Gasteiger partial charge in [0.2, 0.25) is 5.91 Å². The van der Waals surface area contributed by atoms with Crippen molar-refractivity contribution in [3.05, 3.63) is 30.3 Å². The van der Waals surface area contributed by atoms with Gasteiger partial charge < -0.3 is 20.4 Å². The van der Waals surface area contributed by atoms with Crippen molar-refractivity contribution in [3.8, 4) is 0 Å². The predicted octanol–water partition coefficient (Wildman–Crippen LogP) is 1.92. The van der Waals surface area contributed by atoms with Gasteiger partial charge in [0, 0.05) is 38.3 Å². The number of aliphatic imine (C=N–C) groups is 1. The zero-order valence-electron chi connectivity index (χ0n) is 15.8. The van der Waals surface area contributed by atoms with Crippen LogP contribution in [0.2, 0.25) is 0 Å². The van der Waals surface area contributed by atoms with Gasteiger partial charge in [-0.3, -0.25) is 9.79 Å². The highest BCUT2D eigenvalue weighted by molar-refractivity contribution is 14.0. The second-order valence-electron chi connectivity index (χ2n) is 7.21. The molecule has 3 rings (SSSR count). The Morgan fingerprint density at radius 2 is 2.00 bits per heavy atom. The molecule has 2 aliphatic rings. The molecule has 2 atom stereocenters. The molecule has 2 N–H and O–H groups in total. The largest absolute Gasteiger partial charge is 0.355 e. The number of halogens is 1. The maximum atomic E-state index is 12.3. The number of carbonyl (C=O) groups is 1. The van der Waals surface area contributed by atoms with E-state index in [0.29, 0.717) is 19.0 Å². The summed E-state index contributed by atoms with van der Waals surface area (Å²) < 4.78 is 0. The monoisotopic (exact) mass is 471 g/mol. The molecular formula is C19H30IN5O. The topological polar surface area (TPSA) is 60.0 Å². The van der Waals surface area contributed by atoms with Gasteiger partial charge in [0.25, 0.3) is 0 Å². The molecular weight excluding hydrogens is 441 g/mol. The van der Waals surface area contributed by atoms with Crippen LogP contribution in [0, 0.1) is 5.92 Å². The molecule has 7 heteroatoms. The highest BCUT2D eigenvalue weighted by Gasteiger charge is 2.33. The number of carbonyl (C=O) groups excluding carboxylic acids is 1. The number of nitrogens with zero attached hydrogens (tertiary/aromatic N) is 3. The van der Waals surface area contributed by atoms with Gasteiger partial charge >= 0.3 is 0 Å². The van der Waals surface area contributed by atoms with Gasteiger partial charge in [-0.2, -0.15) is 0 Å². The van der Waals surface area contributed by atoms with Crippen LogP contribution in [-0.2, 0) is 4.79 Å². The fourth-order valence-corrected chi connectivity index (χ4v) is 3.50. The fourth-order valence-electron chi connectivity index (χ4n) is 3.50. The highest BCUT2D eigenvalue weighted by atomic mass is 127. The summed E-state index contributed by atoms with van der Waals surface area (Å²) in [5.74, 6) is 1.73. The first-order valence-corrected chi connectivity index (χ1v) is 9.07. The van der Waals surface area contributed by atoms with Crippen LogP contribution in [0.15, 0.2) is 35.3 Å². The summed E-state index contributed by atoms with van der Waals surface area (Å²) in [5, 5.41) is 6.84. The van der Waals surface area contributed by atoms with Crippen molar-refractivity contribution in [1.29, 1.82) is 0 Å². The van der Waals surface area contributed by atoms with Crippen LogP contribution in [0.25, 0.3) is 0 Å². The van der Waals surface area contributed by atoms with E-state index < -0.39 is 0 Å². The molecule has 1 aliphatic carbocycles. The lowest BCUT2D eigenvalue weighted by molar-refractivity contribution is -0.117. The predicted molar refractivity (Wildman–Crippen MR) is 117 cm³/mol. The summed E-state index contributed by atoms with van der Waals surface area (Å²) in [6.07, 6.45) is 3.13. The van der Waals surface area contributed by atoms with Crippen LogP contribution in [0.5, 0.6) is 0 Å². The first-order chi connectivity index (χ1) is 12.1. The van der Waals surface area contributed by atoms with E-state index in [-0.39, 0.29) is 35.9 Å². The Hall–Kier alpha value is -1.35. The zero-order valence-corrected chi connectivity index (χ0v) is 18.1. The number of likely N-dealkylation sites (N-methyl/N-ethyl adjacent to an activating group) is 1. The number of guanidine groups is 1. The summed E-state index contributed by atoms with van der Waals surface area (Å²) in [4.78, 5) is 20.8. The van der Waals surface area contributed by atoms with Crippen molar-refractivity contribution < 1.29 is 4.79 Å². The normalized spacial score (nSPS) is 21.5. The molecule has 2 unspecified atom stereocenters. The SMILES string of the molecule is CN=C(NCC(C1CC1)N(C)C)NC1CC(=O)N(c2ccccc2)C1.I. The summed E-state index contributed by atoms with van der Waals surface area (Å²) in [7, 11) is 6.05. The number of hydrogen-bond acceptors (Lipinski definition) is 3. The molecule has 1 saturated heterocycles. The molecule has 1 aromatic carbocycles. The number of benzene rings is 1. The van der Waals surface area contributed by atoms with Gasteiger partial charge in [-0.25, -0.2) is 0 Å². The van der Waals surface area contributed by atoms with Crippen molar-refractivity contribution in [2.75, 3.05) is 39.1 Å². The Labute approximate surface area is 173 Å². The van der Waals surface area contributed by atoms with Crippen LogP contribution in [0.3, 0.4) is 0 Å². The first kappa shape index (κ1) is 21.0. The molecule has 144 valence electrons. The number of anilines is 1. The lowest BCUT2D eigenvalue weighted by Crippen LogP contribution is -2.49. The molecule has 1 amide bonds. The van der Waals surface area contributed by atoms with E-state index in [4.69, 9.17) is 0 Å². The van der Waals surface area contributed by atoms with Crippen LogP contribution >= 0.6 is 24.0 Å². The molecule has 1 heterocycles. The third-order valence-corrected chi connectivity index (χ3v) is 5.07. The Balaban J connectivity index is 0.00000243. The lowest BCUT2D eigenvalue weighted by Gasteiger charge is -2.26. The number of para-hydroxylation sites is 1. The molecule has 0 spiro atoms. The van der Waals surface area contributed by atoms with Crippen LogP contribution in [0.1, 0.15) is 19.3 Å². The Morgan fingerprint density at radius 1 is 1.31 bits per heavy atom. The first-order valence-electron chi connectivity index (χ1n) is 9.07. The molecule has 1 aromatic rings. The van der Waals surface area contributed by atoms with E-state index in [1.54, 1.807) is 7.05 Å². The Bertz CT molecular complexity index is 616. The standard InChI is InChI=1S/C19H29N5O.HI/c1-20-19(21-12-17(23(2)3)14-9-10-14)22-15-11-18(25)24(13-15)16-7-5-4-6-8-16;/h4-8,14-15,17H,9-13H2,1-3H3,(H2,20,21,22);1H. The van der Waals surface area contributed by atoms with Gasteiger partial charge in [0.15, 0.2) is 5.96 Å². The average molecular weight is 471 g/mol. The van der Waals surface area contributed by atoms with E-state index in [1.165, 1.54) is 12.8 Å². The molecule has 1 saturated carbocycles. The van der Waals surface area contributed by atoms with E-state index in [0.717, 1.165) is 24.1 Å². The maximum Gasteiger partial charge on any atom is 0.229 e. The lowest BCUT2D eigenvalue weighted by atomic mass is 10.1. The minimum absolute atomic E-state index is 0. The fraction of sp³-hybridized carbons (Fsp3) is 0.579. The number of hydrogen-bond donors (Lipinski definition) is 2. The highest BCUT2D eigenvalue weighted by Crippen LogP contribution is 2.34. The van der Waals surface area contributed by atoms with Crippen molar-refractivity contribution in [3.63, 3.8) is 0 Å². The minimum Gasteiger partial charge on any atom is -0.355 e. The second kappa shape index (κ2) is 9.55. The second-order valence-corrected chi connectivity index (χ2v) is 7.21. The third kappa shape index (κ3) is 5.33. The molecule has 0 bridgehead atoms. The summed E-state index contributed by atoms with van der Waals surface area (Å²) in [5.41, 5.74) is 0.959. The summed E-state index contributed by atoms with van der Waals surface area (Å²) in [6.45, 7) is 1.55. The number of amides is 1. The summed E-state index contributed by atoms with van der Waals surface area (Å²) >= 11 is 0. The molecule has 6 nitrogen and oxygen atoms in total. The van der Waals surface area contributed by atoms with Crippen LogP contribution in [0.4, 0.5) is 5.69 Å². The van der Waals surface area contributed by atoms with Gasteiger partial charge in [-0.05, 0) is 45.0 Å². The minimum atomic E-state index is 0. The molecule has 26 heavy (non-hydrogen) atoms. The van der Waals surface area contributed by atoms with Gasteiger partial charge in [0.1, 0.15) is 0 Å². The molecule has 1 aliphatic heterocycles. The zero-order chi connectivity index (χ0) is 17.8. The smallest absolute Gasteiger partial charge is 0.229 e. The third-order valence-electron chi connectivity index (χ3n) is 5.07. The number of nitrogens with one attached hydrogen (secondary N) is 2. The average Bonchev–Trinajstić information content (AvgIpc) is 3.37. The van der Waals surface area contributed by atoms with Gasteiger partial charge in [-0.1, -0.05) is 18.2 Å².